The Morgan fingerprint density at radius 2 is 1.02 bits per heavy atom. The van der Waals surface area contributed by atoms with E-state index >= 15 is 0 Å². The summed E-state index contributed by atoms with van der Waals surface area (Å²) in [5.74, 6) is 0. The normalized spacial score (nSPS) is 13.7. The van der Waals surface area contributed by atoms with E-state index in [9.17, 15) is 0 Å². The first-order valence-corrected chi connectivity index (χ1v) is 15.7. The van der Waals surface area contributed by atoms with Gasteiger partial charge in [0.25, 0.3) is 0 Å². The maximum atomic E-state index is 8.65. The molecule has 1 aliphatic carbocycles. The third-order valence-corrected chi connectivity index (χ3v) is 8.68. The fourth-order valence-electron chi connectivity index (χ4n) is 6.40. The number of nitrogens with one attached hydrogen (secondary N) is 2. The predicted octanol–water partition coefficient (Wildman–Crippen LogP) is 10.8. The molecular formula is C43H30N4. The molecule has 0 saturated carbocycles. The Bertz CT molecular complexity index is 2290. The van der Waals surface area contributed by atoms with E-state index < -0.39 is 0 Å². The minimum atomic E-state index is 0.366. The molecule has 0 radical (unpaired) electrons. The molecule has 1 heterocycles. The van der Waals surface area contributed by atoms with Crippen LogP contribution in [0, 0.1) is 5.41 Å². The van der Waals surface area contributed by atoms with Crippen LogP contribution in [0.15, 0.2) is 175 Å². The number of fused-ring (bicyclic) bond motifs is 2. The van der Waals surface area contributed by atoms with Gasteiger partial charge in [0.1, 0.15) is 5.71 Å². The number of allylic oxidation sites excluding steroid dienone is 4. The molecule has 0 unspecified atom stereocenters. The van der Waals surface area contributed by atoms with Crippen LogP contribution < -0.4 is 5.43 Å². The molecule has 0 bridgehead atoms. The SMILES string of the molecule is N=C1C=C(c2ccc(-c3ccccc3)cc2)C=C/C1=N/Nc1ccc(-c2c3ccccc3c(-c3cccnc3)c3ccccc23)cc1. The van der Waals surface area contributed by atoms with E-state index in [4.69, 9.17) is 5.41 Å². The highest BCUT2D eigenvalue weighted by Crippen LogP contribution is 2.43. The number of hydrazone groups is 1. The van der Waals surface area contributed by atoms with Crippen LogP contribution in [0.5, 0.6) is 0 Å². The first-order valence-electron chi connectivity index (χ1n) is 15.7. The molecule has 0 aliphatic heterocycles. The Balaban J connectivity index is 1.05. The van der Waals surface area contributed by atoms with Crippen molar-refractivity contribution in [3.8, 4) is 33.4 Å². The number of anilines is 1. The average Bonchev–Trinajstić information content (AvgIpc) is 3.14. The van der Waals surface area contributed by atoms with E-state index in [1.807, 2.05) is 67.0 Å². The Hall–Kier alpha value is -6.39. The summed E-state index contributed by atoms with van der Waals surface area (Å²) in [6, 6.07) is 48.5. The topological polar surface area (TPSA) is 61.1 Å². The third-order valence-electron chi connectivity index (χ3n) is 8.68. The molecule has 222 valence electrons. The third kappa shape index (κ3) is 5.43. The molecule has 4 heteroatoms. The summed E-state index contributed by atoms with van der Waals surface area (Å²) in [6.07, 6.45) is 9.54. The van der Waals surface area contributed by atoms with Crippen LogP contribution in [-0.2, 0) is 0 Å². The van der Waals surface area contributed by atoms with Gasteiger partial charge >= 0.3 is 0 Å². The molecule has 8 rings (SSSR count). The van der Waals surface area contributed by atoms with Crippen LogP contribution in [0.1, 0.15) is 5.56 Å². The zero-order valence-electron chi connectivity index (χ0n) is 25.6. The van der Waals surface area contributed by atoms with Crippen molar-refractivity contribution in [3.63, 3.8) is 0 Å². The van der Waals surface area contributed by atoms with E-state index in [0.717, 1.165) is 28.0 Å². The zero-order valence-corrected chi connectivity index (χ0v) is 25.6. The summed E-state index contributed by atoms with van der Waals surface area (Å²) in [5, 5.41) is 18.0. The highest BCUT2D eigenvalue weighted by Gasteiger charge is 2.16. The molecule has 1 aliphatic rings. The van der Waals surface area contributed by atoms with Gasteiger partial charge in [-0.2, -0.15) is 5.10 Å². The van der Waals surface area contributed by atoms with Crippen molar-refractivity contribution in [2.24, 2.45) is 5.10 Å². The molecule has 7 aromatic rings. The minimum absolute atomic E-state index is 0.366. The molecule has 47 heavy (non-hydrogen) atoms. The van der Waals surface area contributed by atoms with Gasteiger partial charge in [0.15, 0.2) is 0 Å². The predicted molar refractivity (Wildman–Crippen MR) is 198 cm³/mol. The van der Waals surface area contributed by atoms with Crippen LogP contribution in [0.4, 0.5) is 5.69 Å². The van der Waals surface area contributed by atoms with Crippen molar-refractivity contribution < 1.29 is 0 Å². The largest absolute Gasteiger partial charge is 0.299 e. The Morgan fingerprint density at radius 3 is 1.62 bits per heavy atom. The molecule has 0 fully saturated rings. The molecule has 0 saturated heterocycles. The molecule has 4 nitrogen and oxygen atoms in total. The minimum Gasteiger partial charge on any atom is -0.299 e. The second kappa shape index (κ2) is 12.2. The summed E-state index contributed by atoms with van der Waals surface area (Å²) in [4.78, 5) is 4.41. The lowest BCUT2D eigenvalue weighted by Crippen LogP contribution is -2.13. The van der Waals surface area contributed by atoms with Gasteiger partial charge in [0, 0.05) is 18.0 Å². The fourth-order valence-corrected chi connectivity index (χ4v) is 6.40. The molecule has 0 atom stereocenters. The van der Waals surface area contributed by atoms with Gasteiger partial charge in [-0.05, 0) is 90.8 Å². The lowest BCUT2D eigenvalue weighted by Gasteiger charge is -2.17. The molecule has 0 amide bonds. The van der Waals surface area contributed by atoms with Gasteiger partial charge in [-0.25, -0.2) is 0 Å². The lowest BCUT2D eigenvalue weighted by molar-refractivity contribution is 1.33. The van der Waals surface area contributed by atoms with E-state index in [1.165, 1.54) is 43.8 Å². The van der Waals surface area contributed by atoms with E-state index in [-0.39, 0.29) is 0 Å². The van der Waals surface area contributed by atoms with Crippen molar-refractivity contribution in [2.45, 2.75) is 0 Å². The second-order valence-electron chi connectivity index (χ2n) is 11.6. The molecule has 2 N–H and O–H groups in total. The van der Waals surface area contributed by atoms with Crippen molar-refractivity contribution in [1.29, 1.82) is 5.41 Å². The van der Waals surface area contributed by atoms with Crippen molar-refractivity contribution in [2.75, 3.05) is 5.43 Å². The molecule has 0 spiro atoms. The summed E-state index contributed by atoms with van der Waals surface area (Å²) in [5.41, 5.74) is 14.0. The van der Waals surface area contributed by atoms with Crippen LogP contribution in [-0.4, -0.2) is 16.4 Å². The van der Waals surface area contributed by atoms with E-state index in [2.05, 4.69) is 119 Å². The highest BCUT2D eigenvalue weighted by atomic mass is 15.3. The molecule has 6 aromatic carbocycles. The fraction of sp³-hybridized carbons (Fsp3) is 0. The van der Waals surface area contributed by atoms with Crippen molar-refractivity contribution in [3.05, 3.63) is 176 Å². The Kier molecular flexibility index (Phi) is 7.29. The number of benzene rings is 6. The quantitative estimate of drug-likeness (QED) is 0.113. The van der Waals surface area contributed by atoms with Gasteiger partial charge in [0.05, 0.1) is 11.4 Å². The number of hydrogen-bond donors (Lipinski definition) is 2. The van der Waals surface area contributed by atoms with Gasteiger partial charge in [-0.15, -0.1) is 0 Å². The maximum absolute atomic E-state index is 8.65. The molecular weight excluding hydrogens is 573 g/mol. The Morgan fingerprint density at radius 1 is 0.489 bits per heavy atom. The lowest BCUT2D eigenvalue weighted by atomic mass is 9.86. The summed E-state index contributed by atoms with van der Waals surface area (Å²) in [7, 11) is 0. The number of hydrogen-bond acceptors (Lipinski definition) is 4. The Labute approximate surface area is 273 Å². The summed E-state index contributed by atoms with van der Waals surface area (Å²) in [6.45, 7) is 0. The van der Waals surface area contributed by atoms with Gasteiger partial charge in [0.2, 0.25) is 0 Å². The monoisotopic (exact) mass is 602 g/mol. The first-order chi connectivity index (χ1) is 23.2. The van der Waals surface area contributed by atoms with Crippen LogP contribution in [0.2, 0.25) is 0 Å². The number of aromatic nitrogens is 1. The van der Waals surface area contributed by atoms with Gasteiger partial charge in [-0.1, -0.05) is 127 Å². The first kappa shape index (κ1) is 28.1. The summed E-state index contributed by atoms with van der Waals surface area (Å²) < 4.78 is 0. The molecule has 1 aromatic heterocycles. The number of rotatable bonds is 6. The second-order valence-corrected chi connectivity index (χ2v) is 11.6. The van der Waals surface area contributed by atoms with Crippen LogP contribution >= 0.6 is 0 Å². The number of nitrogens with zero attached hydrogens (tertiary/aromatic N) is 2. The van der Waals surface area contributed by atoms with Crippen molar-refractivity contribution in [1.82, 2.24) is 4.98 Å². The zero-order chi connectivity index (χ0) is 31.6. The van der Waals surface area contributed by atoms with Crippen molar-refractivity contribution >= 4 is 44.2 Å². The average molecular weight is 603 g/mol. The summed E-state index contributed by atoms with van der Waals surface area (Å²) >= 11 is 0. The standard InChI is InChI=1S/C43H30N4/c44-40-27-33(31-18-16-30(17-19-31)29-9-2-1-3-10-29)22-25-41(40)47-46-35-23-20-32(21-24-35)42-36-12-4-6-14-38(36)43(34-11-8-26-45-28-34)39-15-7-5-13-37(39)42/h1-28,44,46H/b44-40?,47-41-. The van der Waals surface area contributed by atoms with Gasteiger partial charge < -0.3 is 0 Å². The van der Waals surface area contributed by atoms with Crippen LogP contribution in [0.3, 0.4) is 0 Å². The highest BCUT2D eigenvalue weighted by molar-refractivity contribution is 6.51. The maximum Gasteiger partial charge on any atom is 0.108 e. The van der Waals surface area contributed by atoms with E-state index in [0.29, 0.717) is 11.4 Å². The number of pyridine rings is 1. The van der Waals surface area contributed by atoms with E-state index in [1.54, 1.807) is 0 Å². The van der Waals surface area contributed by atoms with Gasteiger partial charge in [-0.3, -0.25) is 15.8 Å². The van der Waals surface area contributed by atoms with Crippen LogP contribution in [0.25, 0.3) is 60.5 Å². The smallest absolute Gasteiger partial charge is 0.108 e.